The minimum Gasteiger partial charge on any atom is -0.353 e. The van der Waals surface area contributed by atoms with Crippen LogP contribution in [-0.4, -0.2) is 58.9 Å². The quantitative estimate of drug-likeness (QED) is 0.540. The highest BCUT2D eigenvalue weighted by Gasteiger charge is 2.41. The van der Waals surface area contributed by atoms with Crippen LogP contribution in [0.4, 0.5) is 14.6 Å². The van der Waals surface area contributed by atoms with Gasteiger partial charge >= 0.3 is 0 Å². The van der Waals surface area contributed by atoms with Crippen molar-refractivity contribution in [1.82, 2.24) is 29.9 Å². The molecule has 13 heteroatoms. The molecule has 4 heterocycles. The van der Waals surface area contributed by atoms with Crippen LogP contribution in [0.2, 0.25) is 0 Å². The van der Waals surface area contributed by atoms with E-state index in [1.165, 1.54) is 12.3 Å². The number of aromatic nitrogens is 4. The Morgan fingerprint density at radius 2 is 1.91 bits per heavy atom. The van der Waals surface area contributed by atoms with E-state index in [-0.39, 0.29) is 27.0 Å². The van der Waals surface area contributed by atoms with Gasteiger partial charge < -0.3 is 10.2 Å². The van der Waals surface area contributed by atoms with Crippen molar-refractivity contribution < 1.29 is 17.2 Å². The van der Waals surface area contributed by atoms with Crippen LogP contribution in [0.15, 0.2) is 23.2 Å². The van der Waals surface area contributed by atoms with Crippen molar-refractivity contribution in [1.29, 1.82) is 0 Å². The van der Waals surface area contributed by atoms with Crippen LogP contribution in [0.1, 0.15) is 45.0 Å². The van der Waals surface area contributed by atoms with Crippen LogP contribution in [0, 0.1) is 0 Å². The lowest BCUT2D eigenvalue weighted by molar-refractivity contribution is 0.150. The molecule has 33 heavy (non-hydrogen) atoms. The van der Waals surface area contributed by atoms with Crippen molar-refractivity contribution in [2.45, 2.75) is 62.6 Å². The van der Waals surface area contributed by atoms with Crippen molar-refractivity contribution in [2.75, 3.05) is 18.0 Å². The number of nitrogens with zero attached hydrogens (tertiary/aromatic N) is 5. The molecule has 178 valence electrons. The molecule has 0 spiro atoms. The van der Waals surface area contributed by atoms with Crippen LogP contribution in [-0.2, 0) is 10.0 Å². The summed E-state index contributed by atoms with van der Waals surface area (Å²) in [7, 11) is -3.81. The number of alkyl halides is 2. The summed E-state index contributed by atoms with van der Waals surface area (Å²) < 4.78 is 57.1. The monoisotopic (exact) mass is 497 g/mol. The second-order valence-electron chi connectivity index (χ2n) is 9.19. The summed E-state index contributed by atoms with van der Waals surface area (Å²) in [5.74, 6) is 0.624. The summed E-state index contributed by atoms with van der Waals surface area (Å²) in [4.78, 5) is 2.20. The number of rotatable bonds is 6. The van der Waals surface area contributed by atoms with Crippen molar-refractivity contribution in [3.63, 3.8) is 0 Å². The third kappa shape index (κ3) is 4.34. The van der Waals surface area contributed by atoms with Gasteiger partial charge in [0.25, 0.3) is 6.43 Å². The Hall–Kier alpha value is -2.22. The fraction of sp³-hybridized carbons (Fsp3) is 0.550. The van der Waals surface area contributed by atoms with Crippen LogP contribution in [0.25, 0.3) is 16.1 Å². The second-order valence-corrected chi connectivity index (χ2v) is 11.9. The molecule has 2 N–H and O–H groups in total. The Morgan fingerprint density at radius 3 is 2.52 bits per heavy atom. The molecule has 0 radical (unpaired) electrons. The molecule has 2 aliphatic rings. The molecule has 1 saturated heterocycles. The van der Waals surface area contributed by atoms with E-state index in [1.807, 2.05) is 6.92 Å². The van der Waals surface area contributed by atoms with Gasteiger partial charge in [0.2, 0.25) is 10.0 Å². The van der Waals surface area contributed by atoms with Crippen LogP contribution < -0.4 is 14.9 Å². The number of pyridine rings is 1. The molecule has 2 fully saturated rings. The van der Waals surface area contributed by atoms with Crippen molar-refractivity contribution in [3.05, 3.63) is 23.3 Å². The average molecular weight is 498 g/mol. The molecular formula is C20H25F2N7O2S2. The number of anilines is 1. The largest absolute Gasteiger partial charge is 0.353 e. The fourth-order valence-corrected chi connectivity index (χ4v) is 6.42. The summed E-state index contributed by atoms with van der Waals surface area (Å²) >= 11 is 0.775. The van der Waals surface area contributed by atoms with E-state index >= 15 is 0 Å². The molecule has 1 saturated carbocycles. The number of nitrogens with one attached hydrogen (secondary N) is 2. The molecule has 5 rings (SSSR count). The third-order valence-electron chi connectivity index (χ3n) is 6.00. The molecule has 0 bridgehead atoms. The summed E-state index contributed by atoms with van der Waals surface area (Å²) in [6, 6.07) is 3.55. The van der Waals surface area contributed by atoms with Gasteiger partial charge in [0.05, 0.1) is 22.2 Å². The minimum atomic E-state index is -3.81. The van der Waals surface area contributed by atoms with Crippen LogP contribution >= 0.6 is 11.3 Å². The highest BCUT2D eigenvalue weighted by atomic mass is 32.2. The molecule has 2 atom stereocenters. The first kappa shape index (κ1) is 22.6. The number of hydrogen-bond acceptors (Lipinski definition) is 8. The first-order chi connectivity index (χ1) is 15.5. The maximum absolute atomic E-state index is 13.3. The molecule has 3 aromatic rings. The van der Waals surface area contributed by atoms with E-state index in [0.29, 0.717) is 30.0 Å². The maximum Gasteiger partial charge on any atom is 0.291 e. The molecule has 1 aliphatic carbocycles. The predicted octanol–water partition coefficient (Wildman–Crippen LogP) is 2.81. The lowest BCUT2D eigenvalue weighted by Gasteiger charge is -2.37. The van der Waals surface area contributed by atoms with Crippen molar-refractivity contribution >= 4 is 32.7 Å². The van der Waals surface area contributed by atoms with Gasteiger partial charge in [0.15, 0.2) is 10.0 Å². The third-order valence-corrected chi connectivity index (χ3v) is 8.59. The molecule has 1 aliphatic heterocycles. The van der Waals surface area contributed by atoms with E-state index in [9.17, 15) is 17.2 Å². The van der Waals surface area contributed by atoms with Crippen LogP contribution in [0.3, 0.4) is 0 Å². The number of sulfonamides is 1. The minimum absolute atomic E-state index is 0.109. The molecule has 0 aromatic carbocycles. The SMILES string of the molecule is C[C@H]1CN(c2cc(S(=O)(=O)NC3(C)CC3)cc3c(-c4nnc(C(F)F)s4)cnn23)C[C@H](C)N1. The fourth-order valence-electron chi connectivity index (χ4n) is 4.21. The number of halogens is 2. The van der Waals surface area contributed by atoms with Gasteiger partial charge in [-0.15, -0.1) is 10.2 Å². The van der Waals surface area contributed by atoms with E-state index in [2.05, 4.69) is 44.1 Å². The van der Waals surface area contributed by atoms with Crippen molar-refractivity contribution in [2.24, 2.45) is 0 Å². The van der Waals surface area contributed by atoms with Gasteiger partial charge in [0, 0.05) is 36.8 Å². The van der Waals surface area contributed by atoms with E-state index in [4.69, 9.17) is 0 Å². The lowest BCUT2D eigenvalue weighted by Crippen LogP contribution is -2.54. The van der Waals surface area contributed by atoms with Crippen LogP contribution in [0.5, 0.6) is 0 Å². The summed E-state index contributed by atoms with van der Waals surface area (Å²) in [5.41, 5.74) is 0.508. The summed E-state index contributed by atoms with van der Waals surface area (Å²) in [6.45, 7) is 7.34. The second kappa shape index (κ2) is 7.93. The molecular weight excluding hydrogens is 472 g/mol. The Bertz CT molecular complexity index is 1290. The molecule has 0 unspecified atom stereocenters. The zero-order valence-corrected chi connectivity index (χ0v) is 20.1. The zero-order valence-electron chi connectivity index (χ0n) is 18.4. The van der Waals surface area contributed by atoms with Gasteiger partial charge in [-0.2, -0.15) is 5.10 Å². The summed E-state index contributed by atoms with van der Waals surface area (Å²) in [6.07, 6.45) is 0.368. The average Bonchev–Trinajstić information content (AvgIpc) is 3.14. The van der Waals surface area contributed by atoms with Gasteiger partial charge in [-0.25, -0.2) is 26.4 Å². The molecule has 3 aromatic heterocycles. The van der Waals surface area contributed by atoms with Gasteiger partial charge in [-0.05, 0) is 39.7 Å². The predicted molar refractivity (Wildman–Crippen MR) is 121 cm³/mol. The van der Waals surface area contributed by atoms with E-state index in [0.717, 1.165) is 24.2 Å². The summed E-state index contributed by atoms with van der Waals surface area (Å²) in [5, 5.41) is 15.3. The molecule has 0 amide bonds. The number of hydrogen-bond donors (Lipinski definition) is 2. The maximum atomic E-state index is 13.3. The highest BCUT2D eigenvalue weighted by molar-refractivity contribution is 7.89. The molecule has 9 nitrogen and oxygen atoms in total. The van der Waals surface area contributed by atoms with E-state index < -0.39 is 22.0 Å². The number of fused-ring (bicyclic) bond motifs is 1. The number of piperazine rings is 1. The van der Waals surface area contributed by atoms with E-state index in [1.54, 1.807) is 10.6 Å². The van der Waals surface area contributed by atoms with Gasteiger partial charge in [-0.1, -0.05) is 11.3 Å². The Kier molecular flexibility index (Phi) is 5.42. The zero-order chi connectivity index (χ0) is 23.5. The lowest BCUT2D eigenvalue weighted by atomic mass is 10.1. The Morgan fingerprint density at radius 1 is 1.21 bits per heavy atom. The first-order valence-corrected chi connectivity index (χ1v) is 13.0. The topological polar surface area (TPSA) is 105 Å². The van der Waals surface area contributed by atoms with Gasteiger partial charge in [-0.3, -0.25) is 0 Å². The normalized spacial score (nSPS) is 22.9. The first-order valence-electron chi connectivity index (χ1n) is 10.7. The Labute approximate surface area is 194 Å². The van der Waals surface area contributed by atoms with Gasteiger partial charge in [0.1, 0.15) is 5.82 Å². The smallest absolute Gasteiger partial charge is 0.291 e. The highest BCUT2D eigenvalue weighted by Crippen LogP contribution is 2.38. The van der Waals surface area contributed by atoms with Crippen molar-refractivity contribution in [3.8, 4) is 10.6 Å². The standard InChI is InChI=1S/C20H25F2N7O2S2/c1-11-9-28(10-12(2)24-11)16-7-13(33(30,31)27-20(3)4-5-20)6-15-14(8-23-29(15)16)18-25-26-19(32-18)17(21)22/h6-8,11-12,17,24,27H,4-5,9-10H2,1-3H3/t11-,12-/m0/s1. The Balaban J connectivity index is 1.67.